The van der Waals surface area contributed by atoms with E-state index in [-0.39, 0.29) is 11.4 Å². The first-order valence-corrected chi connectivity index (χ1v) is 10.2. The average molecular weight is 396 g/mol. The van der Waals surface area contributed by atoms with Crippen molar-refractivity contribution in [2.45, 2.75) is 45.4 Å². The second kappa shape index (κ2) is 9.30. The van der Waals surface area contributed by atoms with Gasteiger partial charge in [-0.2, -0.15) is 0 Å². The topological polar surface area (TPSA) is 0 Å². The predicted molar refractivity (Wildman–Crippen MR) is 115 cm³/mol. The molecule has 0 spiro atoms. The predicted octanol–water partition coefficient (Wildman–Crippen LogP) is 8.07. The molecular formula is C26H27F3. The standard InChI is InChI=1S/C26H27F3/c1-4-19(13-10-18(3)22-6-5-7-24(27)26(22)29)23-15-14-21(16-25(23)28)20-11-8-17(2)9-12-20/h4-7,10,13-17,20H,1,8-9,11-12H2,2-3H3/b18-10+,19-13+. The number of rotatable bonds is 5. The van der Waals surface area contributed by atoms with Crippen LogP contribution in [0.1, 0.15) is 62.1 Å². The second-order valence-electron chi connectivity index (χ2n) is 7.97. The Morgan fingerprint density at radius 1 is 0.931 bits per heavy atom. The molecule has 3 rings (SSSR count). The van der Waals surface area contributed by atoms with Crippen LogP contribution in [0, 0.1) is 23.4 Å². The molecule has 152 valence electrons. The highest BCUT2D eigenvalue weighted by Crippen LogP contribution is 2.36. The molecule has 0 radical (unpaired) electrons. The fourth-order valence-corrected chi connectivity index (χ4v) is 3.99. The van der Waals surface area contributed by atoms with E-state index in [0.717, 1.165) is 30.4 Å². The number of hydrogen-bond donors (Lipinski definition) is 0. The third-order valence-electron chi connectivity index (χ3n) is 5.90. The maximum Gasteiger partial charge on any atom is 0.166 e. The Morgan fingerprint density at radius 2 is 1.66 bits per heavy atom. The summed E-state index contributed by atoms with van der Waals surface area (Å²) in [6.45, 7) is 7.75. The Labute approximate surface area is 171 Å². The van der Waals surface area contributed by atoms with Gasteiger partial charge in [-0.05, 0) is 60.4 Å². The molecule has 0 heterocycles. The lowest BCUT2D eigenvalue weighted by Gasteiger charge is -2.26. The van der Waals surface area contributed by atoms with Crippen molar-refractivity contribution in [1.82, 2.24) is 0 Å². The molecule has 0 nitrogen and oxygen atoms in total. The van der Waals surface area contributed by atoms with Gasteiger partial charge < -0.3 is 0 Å². The molecule has 0 atom stereocenters. The molecule has 0 N–H and O–H groups in total. The van der Waals surface area contributed by atoms with Gasteiger partial charge >= 0.3 is 0 Å². The minimum Gasteiger partial charge on any atom is -0.206 e. The van der Waals surface area contributed by atoms with Crippen LogP contribution in [0.3, 0.4) is 0 Å². The van der Waals surface area contributed by atoms with E-state index in [1.54, 1.807) is 37.3 Å². The van der Waals surface area contributed by atoms with Crippen LogP contribution in [0.2, 0.25) is 0 Å². The number of allylic oxidation sites excluding steroid dienone is 5. The number of hydrogen-bond acceptors (Lipinski definition) is 0. The van der Waals surface area contributed by atoms with Gasteiger partial charge in [0, 0.05) is 11.1 Å². The van der Waals surface area contributed by atoms with Gasteiger partial charge in [0.25, 0.3) is 0 Å². The van der Waals surface area contributed by atoms with Crippen molar-refractivity contribution in [3.05, 3.63) is 95.3 Å². The van der Waals surface area contributed by atoms with E-state index >= 15 is 0 Å². The van der Waals surface area contributed by atoms with E-state index in [2.05, 4.69) is 13.5 Å². The fraction of sp³-hybridized carbons (Fsp3) is 0.308. The maximum absolute atomic E-state index is 14.9. The molecule has 1 fully saturated rings. The van der Waals surface area contributed by atoms with E-state index in [0.29, 0.717) is 22.6 Å². The van der Waals surface area contributed by atoms with Crippen molar-refractivity contribution in [1.29, 1.82) is 0 Å². The smallest absolute Gasteiger partial charge is 0.166 e. The van der Waals surface area contributed by atoms with Crippen LogP contribution in [-0.2, 0) is 0 Å². The number of benzene rings is 2. The molecular weight excluding hydrogens is 369 g/mol. The van der Waals surface area contributed by atoms with Gasteiger partial charge in [-0.3, -0.25) is 0 Å². The van der Waals surface area contributed by atoms with Crippen LogP contribution in [-0.4, -0.2) is 0 Å². The summed E-state index contributed by atoms with van der Waals surface area (Å²) in [6.07, 6.45) is 9.50. The molecule has 3 heteroatoms. The Balaban J connectivity index is 1.85. The maximum atomic E-state index is 14.9. The van der Waals surface area contributed by atoms with Gasteiger partial charge in [0.1, 0.15) is 5.82 Å². The van der Waals surface area contributed by atoms with Crippen molar-refractivity contribution < 1.29 is 13.2 Å². The molecule has 2 aromatic carbocycles. The van der Waals surface area contributed by atoms with E-state index in [1.807, 2.05) is 6.07 Å². The molecule has 0 aliphatic heterocycles. The average Bonchev–Trinajstić information content (AvgIpc) is 2.71. The first-order valence-electron chi connectivity index (χ1n) is 10.2. The molecule has 29 heavy (non-hydrogen) atoms. The summed E-state index contributed by atoms with van der Waals surface area (Å²) in [5.74, 6) is -0.878. The summed E-state index contributed by atoms with van der Waals surface area (Å²) in [6, 6.07) is 9.50. The quantitative estimate of drug-likeness (QED) is 0.448. The molecule has 2 aromatic rings. The van der Waals surface area contributed by atoms with Crippen LogP contribution in [0.15, 0.2) is 61.2 Å². The van der Waals surface area contributed by atoms with Crippen LogP contribution in [0.25, 0.3) is 11.1 Å². The molecule has 0 amide bonds. The summed E-state index contributed by atoms with van der Waals surface area (Å²) < 4.78 is 42.3. The SMILES string of the molecule is C=C/C(=C\C=C(/C)c1cccc(F)c1F)c1ccc(C2CCC(C)CC2)cc1F. The van der Waals surface area contributed by atoms with Gasteiger partial charge in [0.2, 0.25) is 0 Å². The largest absolute Gasteiger partial charge is 0.206 e. The first-order chi connectivity index (χ1) is 13.9. The minimum atomic E-state index is -0.887. The lowest BCUT2D eigenvalue weighted by Crippen LogP contribution is -2.11. The van der Waals surface area contributed by atoms with Crippen molar-refractivity contribution >= 4 is 11.1 Å². The highest BCUT2D eigenvalue weighted by molar-refractivity contribution is 5.78. The van der Waals surface area contributed by atoms with Gasteiger partial charge in [0.15, 0.2) is 11.6 Å². The zero-order chi connectivity index (χ0) is 21.0. The highest BCUT2D eigenvalue weighted by Gasteiger charge is 2.20. The minimum absolute atomic E-state index is 0.187. The molecule has 0 saturated heterocycles. The van der Waals surface area contributed by atoms with Crippen molar-refractivity contribution in [3.8, 4) is 0 Å². The second-order valence-corrected chi connectivity index (χ2v) is 7.97. The third-order valence-corrected chi connectivity index (χ3v) is 5.90. The zero-order valence-corrected chi connectivity index (χ0v) is 17.0. The van der Waals surface area contributed by atoms with Gasteiger partial charge in [-0.15, -0.1) is 0 Å². The van der Waals surface area contributed by atoms with Crippen LogP contribution < -0.4 is 0 Å². The first kappa shape index (κ1) is 21.2. The zero-order valence-electron chi connectivity index (χ0n) is 17.0. The normalized spacial score (nSPS) is 20.6. The van der Waals surface area contributed by atoms with Crippen LogP contribution in [0.4, 0.5) is 13.2 Å². The molecule has 1 aliphatic rings. The molecule has 1 saturated carbocycles. The molecule has 1 aliphatic carbocycles. The number of halogens is 3. The monoisotopic (exact) mass is 396 g/mol. The summed E-state index contributed by atoms with van der Waals surface area (Å²) in [5.41, 5.74) is 2.84. The van der Waals surface area contributed by atoms with Gasteiger partial charge in [-0.25, -0.2) is 13.2 Å². The summed E-state index contributed by atoms with van der Waals surface area (Å²) in [4.78, 5) is 0. The summed E-state index contributed by atoms with van der Waals surface area (Å²) >= 11 is 0. The molecule has 0 unspecified atom stereocenters. The fourth-order valence-electron chi connectivity index (χ4n) is 3.99. The van der Waals surface area contributed by atoms with Crippen molar-refractivity contribution in [2.24, 2.45) is 5.92 Å². The van der Waals surface area contributed by atoms with Crippen LogP contribution in [0.5, 0.6) is 0 Å². The Morgan fingerprint density at radius 3 is 2.31 bits per heavy atom. The van der Waals surface area contributed by atoms with Crippen molar-refractivity contribution in [2.75, 3.05) is 0 Å². The van der Waals surface area contributed by atoms with Crippen molar-refractivity contribution in [3.63, 3.8) is 0 Å². The van der Waals surface area contributed by atoms with E-state index in [1.165, 1.54) is 25.0 Å². The van der Waals surface area contributed by atoms with E-state index in [4.69, 9.17) is 0 Å². The van der Waals surface area contributed by atoms with Crippen LogP contribution >= 0.6 is 0 Å². The molecule has 0 bridgehead atoms. The summed E-state index contributed by atoms with van der Waals surface area (Å²) in [7, 11) is 0. The Kier molecular flexibility index (Phi) is 6.79. The van der Waals surface area contributed by atoms with Gasteiger partial charge in [0.05, 0.1) is 0 Å². The lowest BCUT2D eigenvalue weighted by molar-refractivity contribution is 0.347. The van der Waals surface area contributed by atoms with E-state index < -0.39 is 11.6 Å². The Hall–Kier alpha value is -2.55. The molecule has 0 aromatic heterocycles. The Bertz CT molecular complexity index is 944. The van der Waals surface area contributed by atoms with E-state index in [9.17, 15) is 13.2 Å². The summed E-state index contributed by atoms with van der Waals surface area (Å²) in [5, 5.41) is 0. The highest BCUT2D eigenvalue weighted by atomic mass is 19.2. The third kappa shape index (κ3) is 4.90. The lowest BCUT2D eigenvalue weighted by atomic mass is 9.79. The van der Waals surface area contributed by atoms with Gasteiger partial charge in [-0.1, -0.05) is 68.8 Å².